The van der Waals surface area contributed by atoms with Crippen molar-refractivity contribution in [2.75, 3.05) is 31.5 Å². The number of piperazine rings is 1. The van der Waals surface area contributed by atoms with E-state index < -0.39 is 11.7 Å². The van der Waals surface area contributed by atoms with Crippen LogP contribution in [0.15, 0.2) is 48.5 Å². The molecule has 1 unspecified atom stereocenters. The van der Waals surface area contributed by atoms with E-state index in [9.17, 15) is 22.8 Å². The fraction of sp³-hybridized carbons (Fsp3) is 0.391. The number of carbonyl (C=O) groups excluding carboxylic acids is 2. The first-order valence-corrected chi connectivity index (χ1v) is 10.2. The van der Waals surface area contributed by atoms with E-state index in [1.165, 1.54) is 19.1 Å². The molecule has 5 nitrogen and oxygen atoms in total. The third kappa shape index (κ3) is 6.15. The molecular formula is C23H26F3N3O2. The minimum Gasteiger partial charge on any atom is -0.325 e. The van der Waals surface area contributed by atoms with Crippen LogP contribution < -0.4 is 5.32 Å². The molecule has 1 fully saturated rings. The third-order valence-corrected chi connectivity index (χ3v) is 5.55. The van der Waals surface area contributed by atoms with Crippen molar-refractivity contribution < 1.29 is 22.8 Å². The second kappa shape index (κ2) is 9.62. The lowest BCUT2D eigenvalue weighted by molar-refractivity contribution is -0.137. The largest absolute Gasteiger partial charge is 0.416 e. The maximum Gasteiger partial charge on any atom is 0.416 e. The zero-order valence-corrected chi connectivity index (χ0v) is 17.6. The summed E-state index contributed by atoms with van der Waals surface area (Å²) >= 11 is 0. The van der Waals surface area contributed by atoms with E-state index >= 15 is 0 Å². The highest BCUT2D eigenvalue weighted by atomic mass is 19.4. The maximum absolute atomic E-state index is 12.9. The number of nitrogens with zero attached hydrogens (tertiary/aromatic N) is 2. The molecule has 31 heavy (non-hydrogen) atoms. The first-order chi connectivity index (χ1) is 14.6. The van der Waals surface area contributed by atoms with Crippen molar-refractivity contribution in [2.24, 2.45) is 0 Å². The highest BCUT2D eigenvalue weighted by molar-refractivity contribution is 5.96. The van der Waals surface area contributed by atoms with Crippen LogP contribution >= 0.6 is 0 Å². The smallest absolute Gasteiger partial charge is 0.325 e. The molecule has 0 bridgehead atoms. The predicted molar refractivity (Wildman–Crippen MR) is 113 cm³/mol. The number of Topliss-reactive ketones (excluding diaryl/α,β-unsaturated/α-hetero) is 1. The van der Waals surface area contributed by atoms with Crippen LogP contribution in [0, 0.1) is 0 Å². The van der Waals surface area contributed by atoms with Gasteiger partial charge in [0.05, 0.1) is 11.6 Å². The van der Waals surface area contributed by atoms with Crippen molar-refractivity contribution in [1.29, 1.82) is 0 Å². The number of rotatable bonds is 6. The van der Waals surface area contributed by atoms with Crippen LogP contribution in [0.2, 0.25) is 0 Å². The van der Waals surface area contributed by atoms with E-state index in [0.717, 1.165) is 6.07 Å². The fourth-order valence-electron chi connectivity index (χ4n) is 3.61. The molecule has 0 aromatic heterocycles. The molecule has 0 radical (unpaired) electrons. The SMILES string of the molecule is CC(=O)c1ccc(NC(=O)C(C)N2CCN(Cc3cccc(C(F)(F)F)c3)CC2)cc1. The van der Waals surface area contributed by atoms with Gasteiger partial charge in [-0.2, -0.15) is 13.2 Å². The van der Waals surface area contributed by atoms with Gasteiger partial charge in [0, 0.05) is 44.0 Å². The van der Waals surface area contributed by atoms with Crippen LogP contribution in [0.25, 0.3) is 0 Å². The van der Waals surface area contributed by atoms with E-state index in [2.05, 4.69) is 15.1 Å². The Kier molecular flexibility index (Phi) is 7.12. The minimum atomic E-state index is -4.34. The Morgan fingerprint density at radius 1 is 1.03 bits per heavy atom. The third-order valence-electron chi connectivity index (χ3n) is 5.55. The Morgan fingerprint density at radius 2 is 1.68 bits per heavy atom. The molecule has 3 rings (SSSR count). The van der Waals surface area contributed by atoms with E-state index in [1.54, 1.807) is 30.3 Å². The Morgan fingerprint density at radius 3 is 2.26 bits per heavy atom. The van der Waals surface area contributed by atoms with Gasteiger partial charge in [-0.25, -0.2) is 0 Å². The first-order valence-electron chi connectivity index (χ1n) is 10.2. The van der Waals surface area contributed by atoms with Gasteiger partial charge in [-0.05, 0) is 49.7 Å². The summed E-state index contributed by atoms with van der Waals surface area (Å²) in [7, 11) is 0. The number of carbonyl (C=O) groups is 2. The number of hydrogen-bond donors (Lipinski definition) is 1. The van der Waals surface area contributed by atoms with E-state index in [-0.39, 0.29) is 17.7 Å². The Hall–Kier alpha value is -2.71. The molecule has 0 spiro atoms. The van der Waals surface area contributed by atoms with Crippen LogP contribution in [-0.2, 0) is 17.5 Å². The number of halogens is 3. The number of ketones is 1. The number of benzene rings is 2. The predicted octanol–water partition coefficient (Wildman–Crippen LogP) is 4.05. The summed E-state index contributed by atoms with van der Waals surface area (Å²) in [4.78, 5) is 28.1. The summed E-state index contributed by atoms with van der Waals surface area (Å²) in [6, 6.07) is 11.8. The average molecular weight is 433 g/mol. The number of nitrogens with one attached hydrogen (secondary N) is 1. The van der Waals surface area contributed by atoms with Crippen molar-refractivity contribution in [1.82, 2.24) is 9.80 Å². The van der Waals surface area contributed by atoms with Crippen LogP contribution in [-0.4, -0.2) is 53.7 Å². The number of alkyl halides is 3. The number of hydrogen-bond acceptors (Lipinski definition) is 4. The van der Waals surface area contributed by atoms with Gasteiger partial charge in [0.15, 0.2) is 5.78 Å². The van der Waals surface area contributed by atoms with Crippen molar-refractivity contribution in [3.63, 3.8) is 0 Å². The zero-order valence-electron chi connectivity index (χ0n) is 17.6. The van der Waals surface area contributed by atoms with Gasteiger partial charge in [0.2, 0.25) is 5.91 Å². The quantitative estimate of drug-likeness (QED) is 0.699. The Bertz CT molecular complexity index is 920. The van der Waals surface area contributed by atoms with E-state index in [1.807, 2.05) is 6.92 Å². The van der Waals surface area contributed by atoms with Crippen LogP contribution in [0.4, 0.5) is 18.9 Å². The molecule has 1 atom stereocenters. The molecule has 1 amide bonds. The first kappa shape index (κ1) is 23.0. The maximum atomic E-state index is 12.9. The van der Waals surface area contributed by atoms with Gasteiger partial charge in [-0.1, -0.05) is 18.2 Å². The highest BCUT2D eigenvalue weighted by Gasteiger charge is 2.31. The lowest BCUT2D eigenvalue weighted by Gasteiger charge is -2.37. The van der Waals surface area contributed by atoms with Gasteiger partial charge in [0.25, 0.3) is 0 Å². The standard InChI is InChI=1S/C23H26F3N3O2/c1-16(22(31)27-21-8-6-19(7-9-21)17(2)30)29-12-10-28(11-13-29)15-18-4-3-5-20(14-18)23(24,25)26/h3-9,14,16H,10-13,15H2,1-2H3,(H,27,31). The molecule has 2 aromatic rings. The topological polar surface area (TPSA) is 52.7 Å². The highest BCUT2D eigenvalue weighted by Crippen LogP contribution is 2.29. The molecule has 1 aliphatic heterocycles. The zero-order chi connectivity index (χ0) is 22.6. The molecule has 0 aliphatic carbocycles. The molecule has 1 aliphatic rings. The molecule has 1 heterocycles. The van der Waals surface area contributed by atoms with E-state index in [4.69, 9.17) is 0 Å². The number of anilines is 1. The van der Waals surface area contributed by atoms with Crippen molar-refractivity contribution in [3.8, 4) is 0 Å². The van der Waals surface area contributed by atoms with Crippen LogP contribution in [0.5, 0.6) is 0 Å². The second-order valence-electron chi connectivity index (χ2n) is 7.81. The summed E-state index contributed by atoms with van der Waals surface area (Å²) in [5.74, 6) is -0.170. The van der Waals surface area contributed by atoms with Crippen molar-refractivity contribution >= 4 is 17.4 Å². The van der Waals surface area contributed by atoms with E-state index in [0.29, 0.717) is 49.5 Å². The van der Waals surface area contributed by atoms with Gasteiger partial charge < -0.3 is 5.32 Å². The molecule has 2 aromatic carbocycles. The second-order valence-corrected chi connectivity index (χ2v) is 7.81. The molecule has 166 valence electrons. The van der Waals surface area contributed by atoms with Gasteiger partial charge in [0.1, 0.15) is 0 Å². The Balaban J connectivity index is 1.50. The summed E-state index contributed by atoms with van der Waals surface area (Å²) in [6.07, 6.45) is -4.34. The number of amides is 1. The molecule has 1 N–H and O–H groups in total. The monoisotopic (exact) mass is 433 g/mol. The lowest BCUT2D eigenvalue weighted by Crippen LogP contribution is -2.52. The van der Waals surface area contributed by atoms with Gasteiger partial charge >= 0.3 is 6.18 Å². The van der Waals surface area contributed by atoms with Crippen molar-refractivity contribution in [2.45, 2.75) is 32.6 Å². The lowest BCUT2D eigenvalue weighted by atomic mass is 10.1. The van der Waals surface area contributed by atoms with Crippen molar-refractivity contribution in [3.05, 3.63) is 65.2 Å². The molecular weight excluding hydrogens is 407 g/mol. The summed E-state index contributed by atoms with van der Waals surface area (Å²) in [5.41, 5.74) is 1.21. The molecule has 0 saturated carbocycles. The average Bonchev–Trinajstić information content (AvgIpc) is 2.74. The summed E-state index contributed by atoms with van der Waals surface area (Å²) in [5, 5.41) is 2.86. The summed E-state index contributed by atoms with van der Waals surface area (Å²) < 4.78 is 38.7. The summed E-state index contributed by atoms with van der Waals surface area (Å²) in [6.45, 7) is 6.40. The van der Waals surface area contributed by atoms with Crippen LogP contribution in [0.1, 0.15) is 35.3 Å². The van der Waals surface area contributed by atoms with Gasteiger partial charge in [-0.3, -0.25) is 19.4 Å². The van der Waals surface area contributed by atoms with Gasteiger partial charge in [-0.15, -0.1) is 0 Å². The van der Waals surface area contributed by atoms with Crippen LogP contribution in [0.3, 0.4) is 0 Å². The normalized spacial score (nSPS) is 16.7. The Labute approximate surface area is 179 Å². The molecule has 8 heteroatoms. The minimum absolute atomic E-state index is 0.0331. The fourth-order valence-corrected chi connectivity index (χ4v) is 3.61. The molecule has 1 saturated heterocycles.